The molecule has 1 aliphatic rings. The molecule has 4 aromatic carbocycles. The number of carboxylic acid groups (broad SMARTS) is 1. The molecule has 0 saturated carbocycles. The Balaban J connectivity index is 1.27. The van der Waals surface area contributed by atoms with Gasteiger partial charge in [0.15, 0.2) is 11.7 Å². The smallest absolute Gasteiger partial charge is 0.326 e. The van der Waals surface area contributed by atoms with Crippen molar-refractivity contribution in [1.82, 2.24) is 52.1 Å². The molecular formula is C60H74IN13O10. The minimum atomic E-state index is -1.39. The fourth-order valence-electron chi connectivity index (χ4n) is 9.64. The molecule has 1 saturated heterocycles. The van der Waals surface area contributed by atoms with Crippen LogP contribution < -0.4 is 48.7 Å². The Morgan fingerprint density at radius 2 is 1.25 bits per heavy atom. The van der Waals surface area contributed by atoms with E-state index >= 15 is 0 Å². The van der Waals surface area contributed by atoms with Gasteiger partial charge in [0.2, 0.25) is 41.4 Å². The monoisotopic (exact) mass is 1260 g/mol. The van der Waals surface area contributed by atoms with Gasteiger partial charge in [-0.05, 0) is 90.1 Å². The number of ketones is 1. The standard InChI is InChI=1S/C60H74IN13O10/c1-4-36(2)51(57(81)71-47(32-43-33-65-35-67-43)58(82)74-28-12-18-49(74)56(80)72-48(59(83)84)31-37-13-7-5-8-14-37)73-55(79)46(30-39-21-25-42(61)26-22-39)70-54(78)45(29-38-19-23-41(24-20-38)52(76)40-15-9-6-10-16-40)69-53(77)44(68-50(75)34-64-3)17-11-27-66-60(62)63/h5-10,13-16,19-26,33,35-36,44-49,51,64H,4,11-12,17-18,27-32,34H2,1-3H3,(H,65,67)(H,68,75)(H,69,77)(H,70,78)(H,71,81)(H,72,80)(H,73,79)(H,83,84)(H4,62,63,66)/t36-,44-,45-,46-,47-,48-,49-,51-/m0/s1/i61-2. The molecular weight excluding hydrogens is 1190 g/mol. The molecule has 24 heteroatoms. The van der Waals surface area contributed by atoms with Crippen LogP contribution >= 0.6 is 22.6 Å². The van der Waals surface area contributed by atoms with Crippen molar-refractivity contribution in [3.63, 3.8) is 0 Å². The molecule has 2 heterocycles. The second kappa shape index (κ2) is 32.4. The number of aliphatic imine (C=N–C) groups is 1. The Bertz CT molecular complexity index is 3060. The Morgan fingerprint density at radius 3 is 1.83 bits per heavy atom. The number of hydrogen-bond acceptors (Lipinski definition) is 12. The molecule has 6 rings (SSSR count). The predicted molar refractivity (Wildman–Crippen MR) is 323 cm³/mol. The first-order valence-electron chi connectivity index (χ1n) is 27.8. The number of aromatic nitrogens is 2. The summed E-state index contributed by atoms with van der Waals surface area (Å²) in [5.74, 6) is -7.00. The summed E-state index contributed by atoms with van der Waals surface area (Å²) in [6.45, 7) is 3.72. The van der Waals surface area contributed by atoms with E-state index in [1.807, 2.05) is 19.1 Å². The fourth-order valence-corrected chi connectivity index (χ4v) is 10.00. The van der Waals surface area contributed by atoms with E-state index in [9.17, 15) is 48.3 Å². The molecule has 13 N–H and O–H groups in total. The summed E-state index contributed by atoms with van der Waals surface area (Å²) in [5, 5.41) is 29.5. The van der Waals surface area contributed by atoms with Gasteiger partial charge in [0, 0.05) is 65.4 Å². The third-order valence-electron chi connectivity index (χ3n) is 14.4. The second-order valence-electron chi connectivity index (χ2n) is 20.6. The third-order valence-corrected chi connectivity index (χ3v) is 15.1. The Morgan fingerprint density at radius 1 is 0.690 bits per heavy atom. The van der Waals surface area contributed by atoms with Crippen molar-refractivity contribution in [3.8, 4) is 0 Å². The molecule has 1 fully saturated rings. The molecule has 0 radical (unpaired) electrons. The van der Waals surface area contributed by atoms with Crippen LogP contribution in [0.25, 0.3) is 0 Å². The van der Waals surface area contributed by atoms with Gasteiger partial charge in [0.05, 0.1) is 12.9 Å². The zero-order valence-corrected chi connectivity index (χ0v) is 49.3. The maximum atomic E-state index is 15.0. The number of carbonyl (C=O) groups is 9. The maximum absolute atomic E-state index is 15.0. The maximum Gasteiger partial charge on any atom is 0.326 e. The van der Waals surface area contributed by atoms with Gasteiger partial charge < -0.3 is 63.7 Å². The van der Waals surface area contributed by atoms with Crippen LogP contribution in [-0.2, 0) is 64.0 Å². The van der Waals surface area contributed by atoms with E-state index in [1.54, 1.807) is 111 Å². The van der Waals surface area contributed by atoms with Gasteiger partial charge in [-0.3, -0.25) is 43.3 Å². The van der Waals surface area contributed by atoms with Crippen molar-refractivity contribution < 1.29 is 48.3 Å². The number of likely N-dealkylation sites (tertiary alicyclic amines) is 1. The number of nitrogens with zero attached hydrogens (tertiary/aromatic N) is 3. The highest BCUT2D eigenvalue weighted by Crippen LogP contribution is 2.22. The summed E-state index contributed by atoms with van der Waals surface area (Å²) in [7, 11) is 1.57. The topological polar surface area (TPSA) is 354 Å². The highest BCUT2D eigenvalue weighted by Gasteiger charge is 2.41. The number of benzene rings is 4. The minimum absolute atomic E-state index is 0.00691. The summed E-state index contributed by atoms with van der Waals surface area (Å²) >= 11 is 2.14. The van der Waals surface area contributed by atoms with E-state index in [-0.39, 0.29) is 76.3 Å². The molecule has 0 bridgehead atoms. The molecule has 446 valence electrons. The van der Waals surface area contributed by atoms with Gasteiger partial charge in [-0.2, -0.15) is 0 Å². The number of imidazole rings is 1. The van der Waals surface area contributed by atoms with E-state index in [4.69, 9.17) is 11.5 Å². The number of hydrogen-bond donors (Lipinski definition) is 11. The molecule has 0 unspecified atom stereocenters. The molecule has 5 aromatic rings. The number of halogens is 1. The number of aromatic amines is 1. The van der Waals surface area contributed by atoms with Gasteiger partial charge in [-0.25, -0.2) is 9.78 Å². The largest absolute Gasteiger partial charge is 0.480 e. The molecule has 84 heavy (non-hydrogen) atoms. The van der Waals surface area contributed by atoms with Crippen molar-refractivity contribution in [2.24, 2.45) is 22.4 Å². The number of guanidine groups is 1. The van der Waals surface area contributed by atoms with Gasteiger partial charge in [-0.15, -0.1) is 0 Å². The number of carboxylic acids is 1. The van der Waals surface area contributed by atoms with Crippen LogP contribution in [0.5, 0.6) is 0 Å². The van der Waals surface area contributed by atoms with E-state index in [0.29, 0.717) is 46.4 Å². The quantitative estimate of drug-likeness (QED) is 0.00992. The zero-order valence-electron chi connectivity index (χ0n) is 47.1. The lowest BCUT2D eigenvalue weighted by atomic mass is 9.96. The summed E-state index contributed by atoms with van der Waals surface area (Å²) in [6, 6.07) is 22.4. The van der Waals surface area contributed by atoms with E-state index in [1.165, 1.54) is 17.4 Å². The Labute approximate surface area is 501 Å². The number of rotatable bonds is 31. The minimum Gasteiger partial charge on any atom is -0.480 e. The molecule has 0 aliphatic carbocycles. The van der Waals surface area contributed by atoms with Crippen LogP contribution in [0.1, 0.15) is 84.3 Å². The van der Waals surface area contributed by atoms with Crippen molar-refractivity contribution in [3.05, 3.63) is 159 Å². The van der Waals surface area contributed by atoms with Gasteiger partial charge >= 0.3 is 5.97 Å². The van der Waals surface area contributed by atoms with Gasteiger partial charge in [-0.1, -0.05) is 117 Å². The number of aliphatic carboxylic acids is 1. The SMILES string of the molecule is CC[C@H](C)[C@H](NC(=O)[C@H](Cc1ccc([125I])cc1)NC(=O)[C@H](Cc1ccc(C(=O)c2ccccc2)cc1)NC(=O)[C@H](CCCN=C(N)N)NC(=O)CNC)C(=O)N[C@@H](Cc1cnc[nH]1)C(=O)N1CCC[C@H]1C(=O)N[C@@H](Cc1ccccc1)C(=O)O. The molecule has 7 amide bonds. The Hall–Kier alpha value is -8.52. The van der Waals surface area contributed by atoms with Crippen molar-refractivity contribution >= 4 is 81.7 Å². The summed E-state index contributed by atoms with van der Waals surface area (Å²) in [4.78, 5) is 139. The number of amides is 7. The average Bonchev–Trinajstić information content (AvgIpc) is 4.14. The van der Waals surface area contributed by atoms with Crippen molar-refractivity contribution in [2.75, 3.05) is 26.7 Å². The molecule has 23 nitrogen and oxygen atoms in total. The molecule has 0 spiro atoms. The lowest BCUT2D eigenvalue weighted by Gasteiger charge is -2.32. The summed E-state index contributed by atoms with van der Waals surface area (Å²) < 4.78 is 0.899. The van der Waals surface area contributed by atoms with Crippen molar-refractivity contribution in [2.45, 2.75) is 114 Å². The number of nitrogens with two attached hydrogens (primary N) is 2. The van der Waals surface area contributed by atoms with Crippen LogP contribution in [0.3, 0.4) is 0 Å². The first-order valence-corrected chi connectivity index (χ1v) is 28.9. The Kier molecular flexibility index (Phi) is 24.9. The average molecular weight is 1260 g/mol. The zero-order chi connectivity index (χ0) is 60.7. The number of likely N-dealkylation sites (N-methyl/N-ethyl adjacent to an activating group) is 1. The number of H-pyrrole nitrogens is 1. The lowest BCUT2D eigenvalue weighted by molar-refractivity contribution is -0.145. The number of nitrogens with one attached hydrogen (secondary N) is 8. The van der Waals surface area contributed by atoms with Crippen LogP contribution in [0, 0.1) is 9.49 Å². The predicted octanol–water partition coefficient (Wildman–Crippen LogP) is 1.82. The molecule has 1 aromatic heterocycles. The van der Waals surface area contributed by atoms with E-state index < -0.39 is 95.5 Å². The third kappa shape index (κ3) is 19.6. The van der Waals surface area contributed by atoms with E-state index in [0.717, 1.165) is 3.57 Å². The molecule has 1 aliphatic heterocycles. The highest BCUT2D eigenvalue weighted by atomic mass is 125. The second-order valence-corrected chi connectivity index (χ2v) is 21.9. The van der Waals surface area contributed by atoms with Gasteiger partial charge in [0.1, 0.15) is 42.3 Å². The normalized spacial score (nSPS) is 15.3. The molecule has 8 atom stereocenters. The summed E-state index contributed by atoms with van der Waals surface area (Å²) in [6.07, 6.45) is 3.96. The highest BCUT2D eigenvalue weighted by molar-refractivity contribution is 14.1. The van der Waals surface area contributed by atoms with E-state index in [2.05, 4.69) is 74.8 Å². The van der Waals surface area contributed by atoms with Crippen LogP contribution in [0.15, 0.2) is 127 Å². The van der Waals surface area contributed by atoms with Gasteiger partial charge in [0.25, 0.3) is 0 Å². The first-order chi connectivity index (χ1) is 40.3. The fraction of sp³-hybridized carbons (Fsp3) is 0.383. The van der Waals surface area contributed by atoms with Crippen LogP contribution in [0.2, 0.25) is 0 Å². The lowest BCUT2D eigenvalue weighted by Crippen LogP contribution is -2.61. The first kappa shape index (κ1) is 64.6. The number of carbonyl (C=O) groups excluding carboxylic acids is 8. The van der Waals surface area contributed by atoms with Crippen molar-refractivity contribution in [1.29, 1.82) is 0 Å². The summed E-state index contributed by atoms with van der Waals surface area (Å²) in [5.41, 5.74) is 14.2. The van der Waals surface area contributed by atoms with Crippen LogP contribution in [0.4, 0.5) is 0 Å². The van der Waals surface area contributed by atoms with Crippen LogP contribution in [-0.4, -0.2) is 148 Å².